The van der Waals surface area contributed by atoms with Gasteiger partial charge in [0.2, 0.25) is 5.91 Å². The Labute approximate surface area is 119 Å². The number of amides is 1. The molecule has 0 saturated heterocycles. The summed E-state index contributed by atoms with van der Waals surface area (Å²) in [5.41, 5.74) is 0.734. The number of hydrogen-bond donors (Lipinski definition) is 2. The molecule has 0 aliphatic rings. The van der Waals surface area contributed by atoms with Gasteiger partial charge < -0.3 is 10.3 Å². The number of alkyl halides is 3. The second kappa shape index (κ2) is 6.43. The molecule has 0 aliphatic heterocycles. The van der Waals surface area contributed by atoms with Gasteiger partial charge in [0.05, 0.1) is 18.3 Å². The summed E-state index contributed by atoms with van der Waals surface area (Å²) in [5.74, 6) is -0.228. The average molecular weight is 297 g/mol. The van der Waals surface area contributed by atoms with E-state index in [9.17, 15) is 18.0 Å². The lowest BCUT2D eigenvalue weighted by Gasteiger charge is -2.08. The van der Waals surface area contributed by atoms with Crippen molar-refractivity contribution < 1.29 is 18.0 Å². The molecule has 7 heteroatoms. The molecule has 0 aliphatic carbocycles. The molecule has 1 aromatic heterocycles. The molecule has 112 valence electrons. The van der Waals surface area contributed by atoms with Crippen LogP contribution in [-0.4, -0.2) is 22.4 Å². The van der Waals surface area contributed by atoms with Crippen LogP contribution < -0.4 is 5.32 Å². The van der Waals surface area contributed by atoms with Gasteiger partial charge in [-0.2, -0.15) is 13.2 Å². The number of benzene rings is 1. The zero-order valence-corrected chi connectivity index (χ0v) is 11.1. The maximum atomic E-state index is 12.4. The van der Waals surface area contributed by atoms with Gasteiger partial charge in [-0.05, 0) is 17.7 Å². The zero-order valence-electron chi connectivity index (χ0n) is 11.1. The average Bonchev–Trinajstić information content (AvgIpc) is 2.91. The molecule has 0 unspecified atom stereocenters. The van der Waals surface area contributed by atoms with Crippen molar-refractivity contribution in [2.24, 2.45) is 0 Å². The predicted molar refractivity (Wildman–Crippen MR) is 70.4 cm³/mol. The van der Waals surface area contributed by atoms with Crippen molar-refractivity contribution in [2.45, 2.75) is 19.0 Å². The van der Waals surface area contributed by atoms with E-state index in [2.05, 4.69) is 15.3 Å². The minimum atomic E-state index is -4.36. The molecule has 4 nitrogen and oxygen atoms in total. The van der Waals surface area contributed by atoms with E-state index in [1.54, 1.807) is 12.5 Å². The summed E-state index contributed by atoms with van der Waals surface area (Å²) in [4.78, 5) is 18.4. The Bertz CT molecular complexity index is 577. The molecule has 2 aromatic rings. The van der Waals surface area contributed by atoms with Crippen LogP contribution in [0, 0.1) is 0 Å². The van der Waals surface area contributed by atoms with Crippen LogP contribution in [0.15, 0.2) is 36.8 Å². The van der Waals surface area contributed by atoms with Gasteiger partial charge in [-0.25, -0.2) is 4.98 Å². The van der Waals surface area contributed by atoms with E-state index in [1.807, 2.05) is 0 Å². The first-order valence-corrected chi connectivity index (χ1v) is 6.35. The minimum absolute atomic E-state index is 0.0567. The van der Waals surface area contributed by atoms with Crippen LogP contribution >= 0.6 is 0 Å². The molecule has 0 radical (unpaired) electrons. The van der Waals surface area contributed by atoms with E-state index in [-0.39, 0.29) is 12.3 Å². The number of H-pyrrole nitrogens is 1. The van der Waals surface area contributed by atoms with Crippen LogP contribution in [0.25, 0.3) is 0 Å². The smallest absolute Gasteiger partial charge is 0.355 e. The van der Waals surface area contributed by atoms with E-state index in [4.69, 9.17) is 0 Å². The summed E-state index contributed by atoms with van der Waals surface area (Å²) >= 11 is 0. The molecule has 0 fully saturated rings. The van der Waals surface area contributed by atoms with Crippen molar-refractivity contribution in [1.82, 2.24) is 15.3 Å². The molecule has 2 rings (SSSR count). The van der Waals surface area contributed by atoms with Crippen molar-refractivity contribution >= 4 is 5.91 Å². The summed E-state index contributed by atoms with van der Waals surface area (Å²) in [6.07, 6.45) is -0.452. The summed E-state index contributed by atoms with van der Waals surface area (Å²) in [7, 11) is 0. The molecule has 21 heavy (non-hydrogen) atoms. The summed E-state index contributed by atoms with van der Waals surface area (Å²) in [5, 5.41) is 2.71. The van der Waals surface area contributed by atoms with E-state index in [1.165, 1.54) is 12.1 Å². The van der Waals surface area contributed by atoms with E-state index >= 15 is 0 Å². The lowest BCUT2D eigenvalue weighted by atomic mass is 10.1. The number of hydrogen-bond acceptors (Lipinski definition) is 2. The molecule has 1 heterocycles. The number of nitrogens with one attached hydrogen (secondary N) is 2. The third-order valence-electron chi connectivity index (χ3n) is 2.92. The third kappa shape index (κ3) is 4.62. The number of nitrogens with zero attached hydrogens (tertiary/aromatic N) is 1. The van der Waals surface area contributed by atoms with Crippen molar-refractivity contribution in [1.29, 1.82) is 0 Å². The highest BCUT2D eigenvalue weighted by Gasteiger charge is 2.29. The summed E-state index contributed by atoms with van der Waals surface area (Å²) in [6, 6.07) is 4.59. The Morgan fingerprint density at radius 1 is 1.24 bits per heavy atom. The van der Waals surface area contributed by atoms with Gasteiger partial charge >= 0.3 is 6.18 Å². The lowest BCUT2D eigenvalue weighted by molar-refractivity contribution is -0.137. The summed E-state index contributed by atoms with van der Waals surface area (Å²) in [6.45, 7) is 0.446. The largest absolute Gasteiger partial charge is 0.416 e. The molecule has 0 atom stereocenters. The molecular weight excluding hydrogens is 283 g/mol. The quantitative estimate of drug-likeness (QED) is 0.890. The molecule has 1 amide bonds. The molecular formula is C14H14F3N3O. The second-order valence-electron chi connectivity index (χ2n) is 4.55. The lowest BCUT2D eigenvalue weighted by Crippen LogP contribution is -2.27. The number of rotatable bonds is 5. The maximum absolute atomic E-state index is 12.4. The van der Waals surface area contributed by atoms with Gasteiger partial charge in [0.15, 0.2) is 0 Å². The molecule has 0 saturated carbocycles. The van der Waals surface area contributed by atoms with Crippen LogP contribution in [0.4, 0.5) is 13.2 Å². The SMILES string of the molecule is O=C(Cc1ccc(C(F)(F)F)cc1)NCCc1cnc[nH]1. The number of carbonyl (C=O) groups is 1. The number of aromatic amines is 1. The number of imidazole rings is 1. The van der Waals surface area contributed by atoms with Crippen molar-refractivity contribution in [2.75, 3.05) is 6.54 Å². The first kappa shape index (κ1) is 15.1. The highest BCUT2D eigenvalue weighted by atomic mass is 19.4. The van der Waals surface area contributed by atoms with E-state index < -0.39 is 11.7 Å². The van der Waals surface area contributed by atoms with Gasteiger partial charge in [-0.15, -0.1) is 0 Å². The molecule has 0 spiro atoms. The summed E-state index contributed by atoms with van der Waals surface area (Å²) < 4.78 is 37.2. The Morgan fingerprint density at radius 2 is 1.95 bits per heavy atom. The fourth-order valence-corrected chi connectivity index (χ4v) is 1.82. The topological polar surface area (TPSA) is 57.8 Å². The van der Waals surface area contributed by atoms with Gasteiger partial charge in [-0.3, -0.25) is 4.79 Å². The van der Waals surface area contributed by atoms with Crippen molar-refractivity contribution in [3.05, 3.63) is 53.6 Å². The van der Waals surface area contributed by atoms with Crippen LogP contribution in [-0.2, 0) is 23.8 Å². The third-order valence-corrected chi connectivity index (χ3v) is 2.92. The van der Waals surface area contributed by atoms with Crippen LogP contribution in [0.3, 0.4) is 0 Å². The Balaban J connectivity index is 1.79. The van der Waals surface area contributed by atoms with Gasteiger partial charge in [-0.1, -0.05) is 12.1 Å². The van der Waals surface area contributed by atoms with E-state index in [0.717, 1.165) is 17.8 Å². The highest BCUT2D eigenvalue weighted by Crippen LogP contribution is 2.29. The van der Waals surface area contributed by atoms with Gasteiger partial charge in [0, 0.05) is 24.9 Å². The zero-order chi connectivity index (χ0) is 15.3. The van der Waals surface area contributed by atoms with Crippen LogP contribution in [0.1, 0.15) is 16.8 Å². The molecule has 0 bridgehead atoms. The van der Waals surface area contributed by atoms with E-state index in [0.29, 0.717) is 18.5 Å². The predicted octanol–water partition coefficient (Wildman–Crippen LogP) is 2.33. The monoisotopic (exact) mass is 297 g/mol. The fourth-order valence-electron chi connectivity index (χ4n) is 1.82. The van der Waals surface area contributed by atoms with Gasteiger partial charge in [0.25, 0.3) is 0 Å². The van der Waals surface area contributed by atoms with Crippen LogP contribution in [0.5, 0.6) is 0 Å². The van der Waals surface area contributed by atoms with Crippen molar-refractivity contribution in [3.63, 3.8) is 0 Å². The maximum Gasteiger partial charge on any atom is 0.416 e. The van der Waals surface area contributed by atoms with Crippen LogP contribution in [0.2, 0.25) is 0 Å². The van der Waals surface area contributed by atoms with Gasteiger partial charge in [0.1, 0.15) is 0 Å². The number of halogens is 3. The fraction of sp³-hybridized carbons (Fsp3) is 0.286. The Morgan fingerprint density at radius 3 is 2.52 bits per heavy atom. The molecule has 1 aromatic carbocycles. The normalized spacial score (nSPS) is 11.4. The van der Waals surface area contributed by atoms with Crippen molar-refractivity contribution in [3.8, 4) is 0 Å². The molecule has 2 N–H and O–H groups in total. The number of aromatic nitrogens is 2. The first-order valence-electron chi connectivity index (χ1n) is 6.35. The standard InChI is InChI=1S/C14H14F3N3O/c15-14(16,17)11-3-1-10(2-4-11)7-13(21)19-6-5-12-8-18-9-20-12/h1-4,8-9H,5-7H2,(H,18,20)(H,19,21). The highest BCUT2D eigenvalue weighted by molar-refractivity contribution is 5.78. The Hall–Kier alpha value is -2.31. The second-order valence-corrected chi connectivity index (χ2v) is 4.55. The first-order chi connectivity index (χ1) is 9.95. The Kier molecular flexibility index (Phi) is 4.62. The number of carbonyl (C=O) groups excluding carboxylic acids is 1. The minimum Gasteiger partial charge on any atom is -0.355 e.